The molecule has 0 spiro atoms. The van der Waals surface area contributed by atoms with Crippen molar-refractivity contribution in [3.8, 4) is 11.3 Å². The summed E-state index contributed by atoms with van der Waals surface area (Å²) in [5, 5.41) is 2.93. The fraction of sp³-hybridized carbons (Fsp3) is 0.333. The molecule has 1 fully saturated rings. The molecule has 1 saturated carbocycles. The largest absolute Gasteiger partial charge is 0.349 e. The Kier molecular flexibility index (Phi) is 4.55. The van der Waals surface area contributed by atoms with E-state index in [1.165, 1.54) is 24.6 Å². The van der Waals surface area contributed by atoms with Gasteiger partial charge in [0.15, 0.2) is 0 Å². The van der Waals surface area contributed by atoms with Crippen LogP contribution < -0.4 is 10.9 Å². The number of rotatable bonds is 3. The summed E-state index contributed by atoms with van der Waals surface area (Å²) in [6.07, 6.45) is 5.38. The van der Waals surface area contributed by atoms with Gasteiger partial charge in [0, 0.05) is 11.7 Å². The number of aromatic nitrogens is 1. The number of aromatic amines is 1. The van der Waals surface area contributed by atoms with Gasteiger partial charge in [-0.15, -0.1) is 0 Å². The molecule has 23 heavy (non-hydrogen) atoms. The predicted octanol–water partition coefficient (Wildman–Crippen LogP) is 3.24. The Balaban J connectivity index is 1.77. The summed E-state index contributed by atoms with van der Waals surface area (Å²) in [7, 11) is 0. The summed E-state index contributed by atoms with van der Waals surface area (Å²) in [5.41, 5.74) is 0.938. The topological polar surface area (TPSA) is 62.0 Å². The van der Waals surface area contributed by atoms with Gasteiger partial charge in [0.1, 0.15) is 11.4 Å². The number of carbonyl (C=O) groups excluding carboxylic acids is 1. The number of benzene rings is 1. The molecule has 0 radical (unpaired) electrons. The predicted molar refractivity (Wildman–Crippen MR) is 86.8 cm³/mol. The van der Waals surface area contributed by atoms with E-state index in [-0.39, 0.29) is 23.3 Å². The zero-order valence-corrected chi connectivity index (χ0v) is 12.8. The van der Waals surface area contributed by atoms with Gasteiger partial charge in [0.25, 0.3) is 11.5 Å². The van der Waals surface area contributed by atoms with Crippen molar-refractivity contribution < 1.29 is 9.18 Å². The van der Waals surface area contributed by atoms with Crippen LogP contribution in [-0.4, -0.2) is 16.9 Å². The SMILES string of the molecule is O=C(NC1CCCCC1)c1ccc(-c2ccc(F)cc2)[nH]c1=O. The van der Waals surface area contributed by atoms with E-state index in [1.54, 1.807) is 18.2 Å². The van der Waals surface area contributed by atoms with E-state index in [1.807, 2.05) is 0 Å². The van der Waals surface area contributed by atoms with E-state index in [2.05, 4.69) is 10.3 Å². The van der Waals surface area contributed by atoms with Crippen molar-refractivity contribution in [3.63, 3.8) is 0 Å². The first-order valence-corrected chi connectivity index (χ1v) is 7.93. The van der Waals surface area contributed by atoms with Gasteiger partial charge in [-0.1, -0.05) is 19.3 Å². The molecule has 1 aromatic heterocycles. The molecule has 0 bridgehead atoms. The van der Waals surface area contributed by atoms with E-state index < -0.39 is 5.56 Å². The molecule has 120 valence electrons. The minimum atomic E-state index is -0.430. The first-order chi connectivity index (χ1) is 11.1. The summed E-state index contributed by atoms with van der Waals surface area (Å²) in [6, 6.07) is 9.19. The lowest BCUT2D eigenvalue weighted by Crippen LogP contribution is -2.38. The number of nitrogens with one attached hydrogen (secondary N) is 2. The molecule has 1 aliphatic rings. The Morgan fingerprint density at radius 1 is 1.04 bits per heavy atom. The molecule has 0 unspecified atom stereocenters. The second-order valence-corrected chi connectivity index (χ2v) is 5.93. The highest BCUT2D eigenvalue weighted by atomic mass is 19.1. The molecule has 1 aromatic carbocycles. The smallest absolute Gasteiger partial charge is 0.261 e. The van der Waals surface area contributed by atoms with E-state index in [9.17, 15) is 14.0 Å². The monoisotopic (exact) mass is 314 g/mol. The third-order valence-corrected chi connectivity index (χ3v) is 4.25. The van der Waals surface area contributed by atoms with Crippen LogP contribution in [0.1, 0.15) is 42.5 Å². The zero-order valence-electron chi connectivity index (χ0n) is 12.8. The Morgan fingerprint density at radius 3 is 2.39 bits per heavy atom. The van der Waals surface area contributed by atoms with Gasteiger partial charge >= 0.3 is 0 Å². The van der Waals surface area contributed by atoms with E-state index in [0.717, 1.165) is 25.7 Å². The molecule has 3 rings (SSSR count). The molecule has 2 N–H and O–H groups in total. The Hall–Kier alpha value is -2.43. The van der Waals surface area contributed by atoms with Crippen molar-refractivity contribution in [2.45, 2.75) is 38.1 Å². The van der Waals surface area contributed by atoms with Crippen molar-refractivity contribution in [1.82, 2.24) is 10.3 Å². The molecular formula is C18H19FN2O2. The zero-order chi connectivity index (χ0) is 16.2. The van der Waals surface area contributed by atoms with Crippen LogP contribution in [0.2, 0.25) is 0 Å². The molecular weight excluding hydrogens is 295 g/mol. The van der Waals surface area contributed by atoms with Crippen molar-refractivity contribution in [2.75, 3.05) is 0 Å². The average molecular weight is 314 g/mol. The van der Waals surface area contributed by atoms with Gasteiger partial charge in [-0.05, 0) is 54.8 Å². The quantitative estimate of drug-likeness (QED) is 0.913. The molecule has 2 aromatic rings. The minimum Gasteiger partial charge on any atom is -0.349 e. The molecule has 0 atom stereocenters. The number of amides is 1. The Labute approximate surface area is 133 Å². The second-order valence-electron chi connectivity index (χ2n) is 5.93. The standard InChI is InChI=1S/C18H19FN2O2/c19-13-8-6-12(7-9-13)16-11-10-15(18(23)21-16)17(22)20-14-4-2-1-3-5-14/h6-11,14H,1-5H2,(H,20,22)(H,21,23). The Bertz CT molecular complexity index is 746. The highest BCUT2D eigenvalue weighted by Gasteiger charge is 2.18. The number of H-pyrrole nitrogens is 1. The minimum absolute atomic E-state index is 0.112. The summed E-state index contributed by atoms with van der Waals surface area (Å²) < 4.78 is 12.9. The van der Waals surface area contributed by atoms with Gasteiger partial charge in [-0.25, -0.2) is 4.39 Å². The van der Waals surface area contributed by atoms with Crippen LogP contribution in [0.15, 0.2) is 41.2 Å². The maximum Gasteiger partial charge on any atom is 0.261 e. The first-order valence-electron chi connectivity index (χ1n) is 7.93. The van der Waals surface area contributed by atoms with Gasteiger partial charge in [-0.3, -0.25) is 9.59 Å². The Morgan fingerprint density at radius 2 is 1.74 bits per heavy atom. The van der Waals surface area contributed by atoms with Crippen molar-refractivity contribution in [3.05, 3.63) is 58.1 Å². The molecule has 1 amide bonds. The number of pyridine rings is 1. The molecule has 0 saturated heterocycles. The van der Waals surface area contributed by atoms with Gasteiger partial charge < -0.3 is 10.3 Å². The fourth-order valence-electron chi connectivity index (χ4n) is 2.96. The maximum absolute atomic E-state index is 12.9. The number of hydrogen-bond donors (Lipinski definition) is 2. The highest BCUT2D eigenvalue weighted by molar-refractivity contribution is 5.94. The van der Waals surface area contributed by atoms with Gasteiger partial charge in [0.2, 0.25) is 0 Å². The lowest BCUT2D eigenvalue weighted by atomic mass is 9.95. The van der Waals surface area contributed by atoms with Crippen LogP contribution in [0, 0.1) is 5.82 Å². The van der Waals surface area contributed by atoms with Gasteiger partial charge in [-0.2, -0.15) is 0 Å². The normalized spacial score (nSPS) is 15.3. The molecule has 5 heteroatoms. The van der Waals surface area contributed by atoms with Crippen molar-refractivity contribution in [1.29, 1.82) is 0 Å². The van der Waals surface area contributed by atoms with E-state index in [4.69, 9.17) is 0 Å². The van der Waals surface area contributed by atoms with Crippen molar-refractivity contribution >= 4 is 5.91 Å². The van der Waals surface area contributed by atoms with Crippen LogP contribution >= 0.6 is 0 Å². The summed E-state index contributed by atoms with van der Waals surface area (Å²) in [5.74, 6) is -0.664. The molecule has 1 aliphatic carbocycles. The number of carbonyl (C=O) groups is 1. The van der Waals surface area contributed by atoms with Crippen LogP contribution in [0.4, 0.5) is 4.39 Å². The van der Waals surface area contributed by atoms with Crippen molar-refractivity contribution in [2.24, 2.45) is 0 Å². The maximum atomic E-state index is 12.9. The molecule has 4 nitrogen and oxygen atoms in total. The summed E-state index contributed by atoms with van der Waals surface area (Å²) >= 11 is 0. The van der Waals surface area contributed by atoms with Crippen LogP contribution in [-0.2, 0) is 0 Å². The van der Waals surface area contributed by atoms with Crippen LogP contribution in [0.3, 0.4) is 0 Å². The molecule has 1 heterocycles. The molecule has 0 aliphatic heterocycles. The number of halogens is 1. The van der Waals surface area contributed by atoms with E-state index >= 15 is 0 Å². The summed E-state index contributed by atoms with van der Waals surface area (Å²) in [6.45, 7) is 0. The summed E-state index contributed by atoms with van der Waals surface area (Å²) in [4.78, 5) is 27.1. The van der Waals surface area contributed by atoms with E-state index in [0.29, 0.717) is 11.3 Å². The average Bonchev–Trinajstić information content (AvgIpc) is 2.56. The van der Waals surface area contributed by atoms with Gasteiger partial charge in [0.05, 0.1) is 0 Å². The third-order valence-electron chi connectivity index (χ3n) is 4.25. The lowest BCUT2D eigenvalue weighted by molar-refractivity contribution is 0.0926. The van der Waals surface area contributed by atoms with Crippen LogP contribution in [0.25, 0.3) is 11.3 Å². The number of hydrogen-bond acceptors (Lipinski definition) is 2. The second kappa shape index (κ2) is 6.77. The fourth-order valence-corrected chi connectivity index (χ4v) is 2.96. The lowest BCUT2D eigenvalue weighted by Gasteiger charge is -2.22. The first kappa shape index (κ1) is 15.5. The van der Waals surface area contributed by atoms with Crippen LogP contribution in [0.5, 0.6) is 0 Å². The highest BCUT2D eigenvalue weighted by Crippen LogP contribution is 2.18. The third kappa shape index (κ3) is 3.67.